The first kappa shape index (κ1) is 27.4. The minimum Gasteiger partial charge on any atom is -0.456 e. The highest BCUT2D eigenvalue weighted by Crippen LogP contribution is 2.46. The lowest BCUT2D eigenvalue weighted by Gasteiger charge is -2.19. The molecule has 2 aromatic heterocycles. The van der Waals surface area contributed by atoms with Crippen molar-refractivity contribution in [1.29, 1.82) is 0 Å². The van der Waals surface area contributed by atoms with E-state index in [0.717, 1.165) is 24.0 Å². The third-order valence-electron chi connectivity index (χ3n) is 9.92. The third-order valence-corrected chi connectivity index (χ3v) is 11.0. The van der Waals surface area contributed by atoms with Crippen molar-refractivity contribution < 1.29 is 4.42 Å². The van der Waals surface area contributed by atoms with Crippen molar-refractivity contribution >= 4 is 91.3 Å². The van der Waals surface area contributed by atoms with Gasteiger partial charge in [-0.05, 0) is 104 Å². The fraction of sp³-hybridized carbons (Fsp3) is 0.0435. The number of rotatable bonds is 2. The number of furan rings is 1. The van der Waals surface area contributed by atoms with E-state index in [1.165, 1.54) is 85.5 Å². The Balaban J connectivity index is 1.24. The van der Waals surface area contributed by atoms with Crippen molar-refractivity contribution in [2.75, 3.05) is 0 Å². The molecule has 1 aliphatic rings. The van der Waals surface area contributed by atoms with Crippen LogP contribution in [0.15, 0.2) is 162 Å². The third kappa shape index (κ3) is 4.23. The van der Waals surface area contributed by atoms with Crippen LogP contribution < -0.4 is 0 Å². The van der Waals surface area contributed by atoms with Crippen molar-refractivity contribution in [3.8, 4) is 11.1 Å². The number of allylic oxidation sites excluding steroid dienone is 8. The molecule has 0 unspecified atom stereocenters. The van der Waals surface area contributed by atoms with Crippen LogP contribution in [-0.2, 0) is 0 Å². The van der Waals surface area contributed by atoms with Crippen molar-refractivity contribution in [1.82, 2.24) is 0 Å². The Hall–Kier alpha value is -5.70. The molecule has 0 fully saturated rings. The highest BCUT2D eigenvalue weighted by atomic mass is 32.1. The molecule has 2 heteroatoms. The number of hydrogen-bond acceptors (Lipinski definition) is 2. The maximum absolute atomic E-state index is 6.27. The standard InChI is InChI=1S/C46H30OS/c1-2-4-6-14-29(15-7-5-3-1)44-32-16-8-10-18-34(32)45(35-19-11-9-17-33(35)44)31-23-25-42-38(26-31)39-28-37-30(27-43(39)48-42)22-24-41-46(37)36-20-12-13-21-40(36)47-41/h1-2,4-13,15-28H,3,14H2/b2-1-,6-4-,7-5-,29-15+. The Kier molecular flexibility index (Phi) is 6.25. The molecule has 0 spiro atoms. The van der Waals surface area contributed by atoms with Gasteiger partial charge in [0.2, 0.25) is 0 Å². The smallest absolute Gasteiger partial charge is 0.136 e. The predicted octanol–water partition coefficient (Wildman–Crippen LogP) is 13.9. The van der Waals surface area contributed by atoms with Crippen LogP contribution in [0.1, 0.15) is 18.4 Å². The molecule has 0 atom stereocenters. The second-order valence-corrected chi connectivity index (χ2v) is 13.8. The minimum absolute atomic E-state index is 0.877. The summed E-state index contributed by atoms with van der Waals surface area (Å²) in [5.41, 5.74) is 7.08. The zero-order chi connectivity index (χ0) is 31.6. The summed E-state index contributed by atoms with van der Waals surface area (Å²) in [6, 6.07) is 42.5. The molecule has 0 aliphatic heterocycles. The van der Waals surface area contributed by atoms with Gasteiger partial charge in [0, 0.05) is 30.9 Å². The number of fused-ring (bicyclic) bond motifs is 10. The molecular weight excluding hydrogens is 601 g/mol. The second-order valence-electron chi connectivity index (χ2n) is 12.7. The molecule has 226 valence electrons. The number of benzene rings is 7. The Morgan fingerprint density at radius 2 is 1.17 bits per heavy atom. The summed E-state index contributed by atoms with van der Waals surface area (Å²) in [6.07, 6.45) is 17.4. The predicted molar refractivity (Wildman–Crippen MR) is 209 cm³/mol. The van der Waals surface area contributed by atoms with Crippen molar-refractivity contribution in [3.63, 3.8) is 0 Å². The van der Waals surface area contributed by atoms with Gasteiger partial charge in [0.15, 0.2) is 0 Å². The summed E-state index contributed by atoms with van der Waals surface area (Å²) in [5, 5.41) is 12.6. The molecule has 0 saturated carbocycles. The van der Waals surface area contributed by atoms with Crippen LogP contribution >= 0.6 is 11.3 Å². The topological polar surface area (TPSA) is 13.1 Å². The van der Waals surface area contributed by atoms with E-state index in [9.17, 15) is 0 Å². The van der Waals surface area contributed by atoms with Crippen LogP contribution in [0.5, 0.6) is 0 Å². The lowest BCUT2D eigenvalue weighted by atomic mass is 9.84. The van der Waals surface area contributed by atoms with Crippen LogP contribution in [0.25, 0.3) is 91.1 Å². The van der Waals surface area contributed by atoms with E-state index < -0.39 is 0 Å². The molecule has 7 aromatic carbocycles. The van der Waals surface area contributed by atoms with Crippen molar-refractivity contribution in [3.05, 3.63) is 163 Å². The van der Waals surface area contributed by atoms with Crippen LogP contribution in [0.3, 0.4) is 0 Å². The van der Waals surface area contributed by atoms with Crippen molar-refractivity contribution in [2.45, 2.75) is 12.8 Å². The van der Waals surface area contributed by atoms with Crippen LogP contribution in [0, 0.1) is 0 Å². The zero-order valence-corrected chi connectivity index (χ0v) is 27.1. The molecule has 1 aliphatic carbocycles. The Bertz CT molecular complexity index is 2830. The molecule has 48 heavy (non-hydrogen) atoms. The molecule has 9 aromatic rings. The second kappa shape index (κ2) is 10.9. The fourth-order valence-corrected chi connectivity index (χ4v) is 8.90. The molecule has 0 amide bonds. The van der Waals surface area contributed by atoms with Gasteiger partial charge < -0.3 is 4.42 Å². The van der Waals surface area contributed by atoms with E-state index in [1.807, 2.05) is 17.4 Å². The van der Waals surface area contributed by atoms with Crippen LogP contribution in [0.2, 0.25) is 0 Å². The van der Waals surface area contributed by atoms with Gasteiger partial charge in [-0.15, -0.1) is 11.3 Å². The van der Waals surface area contributed by atoms with E-state index >= 15 is 0 Å². The normalized spacial score (nSPS) is 17.0. The Morgan fingerprint density at radius 3 is 1.98 bits per heavy atom. The summed E-state index contributed by atoms with van der Waals surface area (Å²) in [4.78, 5) is 0. The number of para-hydroxylation sites is 1. The molecule has 0 N–H and O–H groups in total. The summed E-state index contributed by atoms with van der Waals surface area (Å²) in [7, 11) is 0. The first-order chi connectivity index (χ1) is 23.8. The minimum atomic E-state index is 0.877. The van der Waals surface area contributed by atoms with Gasteiger partial charge in [-0.1, -0.05) is 121 Å². The summed E-state index contributed by atoms with van der Waals surface area (Å²) in [5.74, 6) is 0. The lowest BCUT2D eigenvalue weighted by molar-refractivity contribution is 0.669. The van der Waals surface area contributed by atoms with E-state index in [1.54, 1.807) is 0 Å². The maximum atomic E-state index is 6.27. The van der Waals surface area contributed by atoms with Gasteiger partial charge in [-0.25, -0.2) is 0 Å². The van der Waals surface area contributed by atoms with Gasteiger partial charge in [-0.2, -0.15) is 0 Å². The molecule has 1 nitrogen and oxygen atoms in total. The van der Waals surface area contributed by atoms with Gasteiger partial charge in [0.25, 0.3) is 0 Å². The highest BCUT2D eigenvalue weighted by Gasteiger charge is 2.19. The van der Waals surface area contributed by atoms with Crippen molar-refractivity contribution in [2.24, 2.45) is 0 Å². The number of thiophene rings is 1. The summed E-state index contributed by atoms with van der Waals surface area (Å²) in [6.45, 7) is 0. The largest absolute Gasteiger partial charge is 0.456 e. The number of hydrogen-bond donors (Lipinski definition) is 0. The molecule has 10 rings (SSSR count). The molecule has 0 radical (unpaired) electrons. The first-order valence-corrected chi connectivity index (χ1v) is 17.5. The first-order valence-electron chi connectivity index (χ1n) is 16.6. The highest BCUT2D eigenvalue weighted by molar-refractivity contribution is 7.25. The molecule has 0 bridgehead atoms. The Morgan fingerprint density at radius 1 is 0.479 bits per heavy atom. The van der Waals surface area contributed by atoms with Gasteiger partial charge in [0.05, 0.1) is 0 Å². The van der Waals surface area contributed by atoms with E-state index in [0.29, 0.717) is 0 Å². The summed E-state index contributed by atoms with van der Waals surface area (Å²) < 4.78 is 8.88. The van der Waals surface area contributed by atoms with E-state index in [2.05, 4.69) is 152 Å². The van der Waals surface area contributed by atoms with Gasteiger partial charge in [0.1, 0.15) is 11.2 Å². The van der Waals surface area contributed by atoms with Gasteiger partial charge in [-0.3, -0.25) is 0 Å². The quantitative estimate of drug-likeness (QED) is 0.173. The van der Waals surface area contributed by atoms with E-state index in [4.69, 9.17) is 4.42 Å². The van der Waals surface area contributed by atoms with Crippen LogP contribution in [-0.4, -0.2) is 0 Å². The average Bonchev–Trinajstić information content (AvgIpc) is 3.69. The van der Waals surface area contributed by atoms with Gasteiger partial charge >= 0.3 is 0 Å². The maximum Gasteiger partial charge on any atom is 0.136 e. The summed E-state index contributed by atoms with van der Waals surface area (Å²) >= 11 is 1.88. The monoisotopic (exact) mass is 630 g/mol. The Labute approximate surface area is 282 Å². The van der Waals surface area contributed by atoms with E-state index in [-0.39, 0.29) is 0 Å². The lowest BCUT2D eigenvalue weighted by Crippen LogP contribution is -1.94. The van der Waals surface area contributed by atoms with Crippen LogP contribution in [0.4, 0.5) is 0 Å². The fourth-order valence-electron chi connectivity index (χ4n) is 7.78. The molecule has 2 heterocycles. The zero-order valence-electron chi connectivity index (χ0n) is 26.2. The molecular formula is C46H30OS. The average molecular weight is 631 g/mol. The molecule has 0 saturated heterocycles. The SMILES string of the molecule is C1=C\C/C=C\C=C(\c2c3ccccc3c(-c3ccc4sc5cc6ccc7oc8ccccc8c7c6cc5c4c3)c3ccccc23)C\C=C/1.